The molecule has 1 aromatic carbocycles. The second-order valence-electron chi connectivity index (χ2n) is 2.02. The predicted octanol–water partition coefficient (Wildman–Crippen LogP) is 1.54. The Morgan fingerprint density at radius 3 is 3.00 bits per heavy atom. The lowest BCUT2D eigenvalue weighted by molar-refractivity contribution is 0.430. The van der Waals surface area contributed by atoms with Crippen LogP contribution in [0.5, 0.6) is 0 Å². The Bertz CT molecular complexity index is 315. The number of hydrogen-bond donors (Lipinski definition) is 0. The van der Waals surface area contributed by atoms with Crippen LogP contribution in [-0.2, 0) is 0 Å². The number of rotatable bonds is 1. The van der Waals surface area contributed by atoms with Crippen molar-refractivity contribution in [2.75, 3.05) is 0 Å². The van der Waals surface area contributed by atoms with Gasteiger partial charge in [0, 0.05) is 5.56 Å². The fraction of sp³-hybridized carbons (Fsp3) is 0. The maximum atomic E-state index is 4.83. The van der Waals surface area contributed by atoms with Crippen molar-refractivity contribution in [3.8, 4) is 11.5 Å². The SMILES string of the molecule is [c]1ccccc1-c1ncno1. The predicted molar refractivity (Wildman–Crippen MR) is 38.6 cm³/mol. The van der Waals surface area contributed by atoms with Crippen LogP contribution in [0.1, 0.15) is 0 Å². The summed E-state index contributed by atoms with van der Waals surface area (Å²) in [7, 11) is 0. The van der Waals surface area contributed by atoms with Crippen LogP contribution in [-0.4, -0.2) is 10.1 Å². The third kappa shape index (κ3) is 1.12. The summed E-state index contributed by atoms with van der Waals surface area (Å²) in [6.07, 6.45) is 1.37. The van der Waals surface area contributed by atoms with E-state index >= 15 is 0 Å². The molecule has 0 amide bonds. The van der Waals surface area contributed by atoms with E-state index in [1.54, 1.807) is 6.07 Å². The maximum Gasteiger partial charge on any atom is 0.258 e. The van der Waals surface area contributed by atoms with Crippen molar-refractivity contribution in [2.24, 2.45) is 0 Å². The lowest BCUT2D eigenvalue weighted by Crippen LogP contribution is -1.74. The van der Waals surface area contributed by atoms with E-state index in [4.69, 9.17) is 4.52 Å². The fourth-order valence-corrected chi connectivity index (χ4v) is 0.818. The Balaban J connectivity index is 2.46. The third-order valence-electron chi connectivity index (χ3n) is 1.30. The van der Waals surface area contributed by atoms with Gasteiger partial charge in [-0.25, -0.2) is 0 Å². The Kier molecular flexibility index (Phi) is 1.41. The van der Waals surface area contributed by atoms with Gasteiger partial charge >= 0.3 is 0 Å². The molecule has 0 bridgehead atoms. The first-order valence-electron chi connectivity index (χ1n) is 3.20. The van der Waals surface area contributed by atoms with Crippen LogP contribution < -0.4 is 0 Å². The van der Waals surface area contributed by atoms with Gasteiger partial charge in [-0.3, -0.25) is 0 Å². The second-order valence-corrected chi connectivity index (χ2v) is 2.02. The summed E-state index contributed by atoms with van der Waals surface area (Å²) in [5.74, 6) is 0.505. The molecule has 0 saturated heterocycles. The van der Waals surface area contributed by atoms with E-state index in [0.717, 1.165) is 5.56 Å². The van der Waals surface area contributed by atoms with E-state index in [1.165, 1.54) is 6.33 Å². The Morgan fingerprint density at radius 2 is 2.36 bits per heavy atom. The third-order valence-corrected chi connectivity index (χ3v) is 1.30. The highest BCUT2D eigenvalue weighted by Crippen LogP contribution is 2.12. The standard InChI is InChI=1S/C8H5N2O/c1-2-4-7(5-3-1)8-9-6-10-11-8/h1-4,6H. The number of hydrogen-bond acceptors (Lipinski definition) is 3. The molecule has 0 aliphatic rings. The van der Waals surface area contributed by atoms with Crippen molar-refractivity contribution in [2.45, 2.75) is 0 Å². The Labute approximate surface area is 63.7 Å². The van der Waals surface area contributed by atoms with Crippen molar-refractivity contribution in [3.05, 3.63) is 36.7 Å². The molecule has 1 radical (unpaired) electrons. The zero-order valence-corrected chi connectivity index (χ0v) is 5.69. The van der Waals surface area contributed by atoms with Gasteiger partial charge in [-0.2, -0.15) is 4.98 Å². The quantitative estimate of drug-likeness (QED) is 0.610. The normalized spacial score (nSPS) is 9.82. The van der Waals surface area contributed by atoms with E-state index in [2.05, 4.69) is 16.2 Å². The van der Waals surface area contributed by atoms with Gasteiger partial charge in [0.2, 0.25) is 0 Å². The van der Waals surface area contributed by atoms with E-state index in [1.807, 2.05) is 18.2 Å². The summed E-state index contributed by atoms with van der Waals surface area (Å²) in [6, 6.07) is 10.4. The van der Waals surface area contributed by atoms with Gasteiger partial charge in [0.25, 0.3) is 5.89 Å². The summed E-state index contributed by atoms with van der Waals surface area (Å²) in [4.78, 5) is 3.88. The van der Waals surface area contributed by atoms with Crippen LogP contribution >= 0.6 is 0 Å². The van der Waals surface area contributed by atoms with Gasteiger partial charge in [0.15, 0.2) is 6.33 Å². The van der Waals surface area contributed by atoms with Crippen molar-refractivity contribution < 1.29 is 4.52 Å². The smallest absolute Gasteiger partial charge is 0.258 e. The monoisotopic (exact) mass is 145 g/mol. The summed E-state index contributed by atoms with van der Waals surface area (Å²) >= 11 is 0. The summed E-state index contributed by atoms with van der Waals surface area (Å²) in [5.41, 5.74) is 0.824. The van der Waals surface area contributed by atoms with Gasteiger partial charge in [0.05, 0.1) is 0 Å². The molecule has 11 heavy (non-hydrogen) atoms. The lowest BCUT2D eigenvalue weighted by Gasteiger charge is -1.88. The van der Waals surface area contributed by atoms with Gasteiger partial charge in [-0.15, -0.1) is 0 Å². The maximum absolute atomic E-state index is 4.83. The minimum atomic E-state index is 0.505. The highest BCUT2D eigenvalue weighted by molar-refractivity contribution is 5.50. The van der Waals surface area contributed by atoms with Crippen LogP contribution in [0.2, 0.25) is 0 Å². The van der Waals surface area contributed by atoms with Gasteiger partial charge in [0.1, 0.15) is 0 Å². The fourth-order valence-electron chi connectivity index (χ4n) is 0.818. The van der Waals surface area contributed by atoms with Crippen LogP contribution in [0.4, 0.5) is 0 Å². The van der Waals surface area contributed by atoms with Crippen LogP contribution in [0, 0.1) is 6.07 Å². The van der Waals surface area contributed by atoms with Crippen molar-refractivity contribution in [3.63, 3.8) is 0 Å². The zero-order valence-electron chi connectivity index (χ0n) is 5.69. The first-order valence-corrected chi connectivity index (χ1v) is 3.20. The second kappa shape index (κ2) is 2.54. The molecule has 1 aromatic heterocycles. The van der Waals surface area contributed by atoms with E-state index in [-0.39, 0.29) is 0 Å². The molecule has 0 unspecified atom stereocenters. The number of benzene rings is 1. The topological polar surface area (TPSA) is 38.9 Å². The number of aromatic nitrogens is 2. The summed E-state index contributed by atoms with van der Waals surface area (Å²) < 4.78 is 4.83. The van der Waals surface area contributed by atoms with Gasteiger partial charge < -0.3 is 4.52 Å². The molecule has 2 rings (SSSR count). The average Bonchev–Trinajstić information content (AvgIpc) is 2.58. The lowest BCUT2D eigenvalue weighted by atomic mass is 10.2. The van der Waals surface area contributed by atoms with Gasteiger partial charge in [-0.05, 0) is 12.1 Å². The molecule has 0 N–H and O–H groups in total. The molecule has 0 spiro atoms. The van der Waals surface area contributed by atoms with Gasteiger partial charge in [-0.1, -0.05) is 23.4 Å². The zero-order chi connectivity index (χ0) is 7.52. The summed E-state index contributed by atoms with van der Waals surface area (Å²) in [5, 5.41) is 3.49. The van der Waals surface area contributed by atoms with Crippen LogP contribution in [0.25, 0.3) is 11.5 Å². The Morgan fingerprint density at radius 1 is 1.36 bits per heavy atom. The van der Waals surface area contributed by atoms with E-state index in [9.17, 15) is 0 Å². The highest BCUT2D eigenvalue weighted by atomic mass is 16.5. The molecule has 3 nitrogen and oxygen atoms in total. The van der Waals surface area contributed by atoms with E-state index < -0.39 is 0 Å². The molecule has 0 aliphatic carbocycles. The molecule has 2 aromatic rings. The molecular formula is C8H5N2O. The molecule has 1 heterocycles. The molecule has 0 saturated carbocycles. The molecule has 53 valence electrons. The van der Waals surface area contributed by atoms with Crippen molar-refractivity contribution in [1.82, 2.24) is 10.1 Å². The highest BCUT2D eigenvalue weighted by Gasteiger charge is 2.00. The minimum absolute atomic E-state index is 0.505. The molecule has 0 fully saturated rings. The Hall–Kier alpha value is -1.64. The van der Waals surface area contributed by atoms with Crippen molar-refractivity contribution in [1.29, 1.82) is 0 Å². The molecule has 0 aliphatic heterocycles. The largest absolute Gasteiger partial charge is 0.334 e. The molecule has 3 heteroatoms. The van der Waals surface area contributed by atoms with E-state index in [0.29, 0.717) is 5.89 Å². The average molecular weight is 145 g/mol. The van der Waals surface area contributed by atoms with Crippen molar-refractivity contribution >= 4 is 0 Å². The first kappa shape index (κ1) is 6.09. The minimum Gasteiger partial charge on any atom is -0.334 e. The number of nitrogens with zero attached hydrogens (tertiary/aromatic N) is 2. The van der Waals surface area contributed by atoms with Crippen LogP contribution in [0.3, 0.4) is 0 Å². The van der Waals surface area contributed by atoms with Crippen LogP contribution in [0.15, 0.2) is 35.1 Å². The molecule has 0 atom stereocenters. The summed E-state index contributed by atoms with van der Waals surface area (Å²) in [6.45, 7) is 0. The molecular weight excluding hydrogens is 140 g/mol. The first-order chi connectivity index (χ1) is 5.47.